The molecule has 0 aliphatic heterocycles. The Balaban J connectivity index is 3.03. The highest BCUT2D eigenvalue weighted by molar-refractivity contribution is 5.93. The largest absolute Gasteiger partial charge is 0.330 e. The third-order valence-corrected chi connectivity index (χ3v) is 2.53. The highest BCUT2D eigenvalue weighted by Crippen LogP contribution is 2.20. The van der Waals surface area contributed by atoms with Crippen molar-refractivity contribution in [2.24, 2.45) is 11.7 Å². The first-order valence-corrected chi connectivity index (χ1v) is 5.20. The molecule has 3 N–H and O–H groups in total. The summed E-state index contributed by atoms with van der Waals surface area (Å²) in [5.74, 6) is -1.16. The number of carbonyl (C=O) groups is 1. The number of rotatable bonds is 3. The molecule has 0 heterocycles. The molecule has 1 amide bonds. The normalized spacial score (nSPS) is 11.7. The van der Waals surface area contributed by atoms with Crippen LogP contribution >= 0.6 is 0 Å². The summed E-state index contributed by atoms with van der Waals surface area (Å²) in [6, 6.07) is 4.42. The van der Waals surface area contributed by atoms with Crippen LogP contribution in [0.5, 0.6) is 0 Å². The molecule has 0 saturated carbocycles. The second-order valence-electron chi connectivity index (χ2n) is 3.87. The van der Waals surface area contributed by atoms with Crippen molar-refractivity contribution in [3.8, 4) is 6.07 Å². The van der Waals surface area contributed by atoms with Gasteiger partial charge in [-0.3, -0.25) is 4.79 Å². The maximum absolute atomic E-state index is 13.4. The van der Waals surface area contributed by atoms with E-state index < -0.39 is 5.82 Å². The number of anilines is 1. The highest BCUT2D eigenvalue weighted by Gasteiger charge is 2.14. The number of carbonyl (C=O) groups excluding carboxylic acids is 1. The van der Waals surface area contributed by atoms with E-state index in [1.165, 1.54) is 6.07 Å². The summed E-state index contributed by atoms with van der Waals surface area (Å²) in [6.45, 7) is 3.43. The number of nitrogens with one attached hydrogen (secondary N) is 1. The van der Waals surface area contributed by atoms with Crippen molar-refractivity contribution in [2.45, 2.75) is 13.8 Å². The SMILES string of the molecule is Cc1c(F)cc(C#N)cc1NC(=O)C(C)CN. The minimum Gasteiger partial charge on any atom is -0.330 e. The second kappa shape index (κ2) is 5.41. The van der Waals surface area contributed by atoms with Crippen LogP contribution < -0.4 is 11.1 Å². The lowest BCUT2D eigenvalue weighted by atomic mass is 10.1. The molecule has 0 spiro atoms. The van der Waals surface area contributed by atoms with E-state index in [1.54, 1.807) is 13.8 Å². The lowest BCUT2D eigenvalue weighted by Crippen LogP contribution is -2.27. The van der Waals surface area contributed by atoms with Crippen molar-refractivity contribution in [1.29, 1.82) is 5.26 Å². The number of amides is 1. The Morgan fingerprint density at radius 2 is 2.29 bits per heavy atom. The first kappa shape index (κ1) is 13.1. The van der Waals surface area contributed by atoms with Gasteiger partial charge in [-0.1, -0.05) is 6.92 Å². The van der Waals surface area contributed by atoms with Crippen LogP contribution in [0.4, 0.5) is 10.1 Å². The van der Waals surface area contributed by atoms with Gasteiger partial charge in [-0.05, 0) is 19.1 Å². The Hall–Kier alpha value is -1.93. The van der Waals surface area contributed by atoms with E-state index in [0.717, 1.165) is 6.07 Å². The van der Waals surface area contributed by atoms with Crippen LogP contribution in [0.25, 0.3) is 0 Å². The third-order valence-electron chi connectivity index (χ3n) is 2.53. The molecule has 0 aromatic heterocycles. The van der Waals surface area contributed by atoms with Gasteiger partial charge in [-0.2, -0.15) is 5.26 Å². The molecule has 0 aliphatic carbocycles. The monoisotopic (exact) mass is 235 g/mol. The zero-order valence-corrected chi connectivity index (χ0v) is 9.75. The summed E-state index contributed by atoms with van der Waals surface area (Å²) in [5, 5.41) is 11.3. The fourth-order valence-corrected chi connectivity index (χ4v) is 1.24. The quantitative estimate of drug-likeness (QED) is 0.834. The van der Waals surface area contributed by atoms with E-state index in [4.69, 9.17) is 11.0 Å². The summed E-state index contributed by atoms with van der Waals surface area (Å²) in [5.41, 5.74) is 6.15. The predicted octanol–water partition coefficient (Wildman–Crippen LogP) is 1.54. The smallest absolute Gasteiger partial charge is 0.228 e. The van der Waals surface area contributed by atoms with Crippen LogP contribution in [0.3, 0.4) is 0 Å². The third kappa shape index (κ3) is 3.02. The van der Waals surface area contributed by atoms with Crippen molar-refractivity contribution in [3.63, 3.8) is 0 Å². The zero-order valence-electron chi connectivity index (χ0n) is 9.75. The van der Waals surface area contributed by atoms with Crippen molar-refractivity contribution >= 4 is 11.6 Å². The Morgan fingerprint density at radius 1 is 1.65 bits per heavy atom. The summed E-state index contributed by atoms with van der Waals surface area (Å²) in [4.78, 5) is 11.6. The maximum Gasteiger partial charge on any atom is 0.228 e. The number of nitriles is 1. The first-order chi connectivity index (χ1) is 7.99. The molecule has 0 aliphatic rings. The number of nitrogens with two attached hydrogens (primary N) is 1. The van der Waals surface area contributed by atoms with Crippen LogP contribution in [0, 0.1) is 30.0 Å². The van der Waals surface area contributed by atoms with E-state index >= 15 is 0 Å². The number of nitrogens with zero attached hydrogens (tertiary/aromatic N) is 1. The number of benzene rings is 1. The molecule has 0 radical (unpaired) electrons. The van der Waals surface area contributed by atoms with Gasteiger partial charge >= 0.3 is 0 Å². The predicted molar refractivity (Wildman–Crippen MR) is 62.7 cm³/mol. The van der Waals surface area contributed by atoms with Crippen molar-refractivity contribution < 1.29 is 9.18 Å². The maximum atomic E-state index is 13.4. The van der Waals surface area contributed by atoms with Crippen LogP contribution in [-0.2, 0) is 4.79 Å². The van der Waals surface area contributed by atoms with Gasteiger partial charge in [0.1, 0.15) is 5.82 Å². The van der Waals surface area contributed by atoms with Crippen molar-refractivity contribution in [2.75, 3.05) is 11.9 Å². The van der Waals surface area contributed by atoms with Crippen LogP contribution in [0.15, 0.2) is 12.1 Å². The average Bonchev–Trinajstić information content (AvgIpc) is 2.33. The fourth-order valence-electron chi connectivity index (χ4n) is 1.24. The molecule has 0 saturated heterocycles. The van der Waals surface area contributed by atoms with Crippen molar-refractivity contribution in [1.82, 2.24) is 0 Å². The van der Waals surface area contributed by atoms with Gasteiger partial charge in [0.05, 0.1) is 11.6 Å². The van der Waals surface area contributed by atoms with Crippen LogP contribution in [-0.4, -0.2) is 12.5 Å². The Morgan fingerprint density at radius 3 is 2.82 bits per heavy atom. The fraction of sp³-hybridized carbons (Fsp3) is 0.333. The first-order valence-electron chi connectivity index (χ1n) is 5.20. The summed E-state index contributed by atoms with van der Waals surface area (Å²) >= 11 is 0. The molecule has 1 atom stereocenters. The molecule has 0 bridgehead atoms. The molecule has 90 valence electrons. The van der Waals surface area contributed by atoms with E-state index in [1.807, 2.05) is 6.07 Å². The van der Waals surface area contributed by atoms with E-state index in [0.29, 0.717) is 11.3 Å². The van der Waals surface area contributed by atoms with Gasteiger partial charge in [0.2, 0.25) is 5.91 Å². The summed E-state index contributed by atoms with van der Waals surface area (Å²) in [6.07, 6.45) is 0. The topological polar surface area (TPSA) is 78.9 Å². The molecule has 4 nitrogen and oxygen atoms in total. The van der Waals surface area contributed by atoms with Crippen LogP contribution in [0.1, 0.15) is 18.1 Å². The van der Waals surface area contributed by atoms with E-state index in [2.05, 4.69) is 5.32 Å². The molecular formula is C12H14FN3O. The van der Waals surface area contributed by atoms with E-state index in [9.17, 15) is 9.18 Å². The molecule has 1 rings (SSSR count). The van der Waals surface area contributed by atoms with Gasteiger partial charge < -0.3 is 11.1 Å². The van der Waals surface area contributed by atoms with Crippen LogP contribution in [0.2, 0.25) is 0 Å². The van der Waals surface area contributed by atoms with Gasteiger partial charge in [0.25, 0.3) is 0 Å². The minimum absolute atomic E-state index is 0.170. The van der Waals surface area contributed by atoms with Gasteiger partial charge in [0, 0.05) is 23.7 Å². The summed E-state index contributed by atoms with van der Waals surface area (Å²) in [7, 11) is 0. The number of halogens is 1. The minimum atomic E-state index is -0.514. The van der Waals surface area contributed by atoms with Gasteiger partial charge in [-0.15, -0.1) is 0 Å². The highest BCUT2D eigenvalue weighted by atomic mass is 19.1. The molecule has 1 aromatic carbocycles. The lowest BCUT2D eigenvalue weighted by molar-refractivity contribution is -0.119. The molecule has 1 unspecified atom stereocenters. The molecule has 17 heavy (non-hydrogen) atoms. The Kier molecular flexibility index (Phi) is 4.18. The second-order valence-corrected chi connectivity index (χ2v) is 3.87. The summed E-state index contributed by atoms with van der Waals surface area (Å²) < 4.78 is 13.4. The number of hydrogen-bond acceptors (Lipinski definition) is 3. The molecule has 5 heteroatoms. The number of hydrogen-bond donors (Lipinski definition) is 2. The van der Waals surface area contributed by atoms with Gasteiger partial charge in [0.15, 0.2) is 0 Å². The zero-order chi connectivity index (χ0) is 13.0. The molecule has 1 aromatic rings. The average molecular weight is 235 g/mol. The van der Waals surface area contributed by atoms with Crippen molar-refractivity contribution in [3.05, 3.63) is 29.1 Å². The lowest BCUT2D eigenvalue weighted by Gasteiger charge is -2.12. The standard InChI is InChI=1S/C12H14FN3O/c1-7(5-14)12(17)16-11-4-9(6-15)3-10(13)8(11)2/h3-4,7H,5,14H2,1-2H3,(H,16,17). The van der Waals surface area contributed by atoms with E-state index in [-0.39, 0.29) is 23.9 Å². The Labute approximate surface area is 99.2 Å². The molecule has 0 fully saturated rings. The Bertz CT molecular complexity index is 479. The van der Waals surface area contributed by atoms with Gasteiger partial charge in [-0.25, -0.2) is 4.39 Å². The molecular weight excluding hydrogens is 221 g/mol.